The normalized spacial score (nSPS) is 11.4. The fraction of sp³-hybridized carbons (Fsp3) is 0.0952. The third-order valence-corrected chi connectivity index (χ3v) is 4.32. The highest BCUT2D eigenvalue weighted by Gasteiger charge is 2.30. The number of benzene rings is 3. The molecule has 0 unspecified atom stereocenters. The molecule has 3 aromatic rings. The van der Waals surface area contributed by atoms with Gasteiger partial charge in [0.2, 0.25) is 0 Å². The molecule has 3 rings (SSSR count). The van der Waals surface area contributed by atoms with Crippen molar-refractivity contribution >= 4 is 17.6 Å². The van der Waals surface area contributed by atoms with Gasteiger partial charge >= 0.3 is 12.1 Å². The number of alkyl halides is 3. The number of hydrogen-bond donors (Lipinski definition) is 1. The second-order valence-electron chi connectivity index (χ2n) is 6.07. The standard InChI is InChI=1S/C21H14ClF3O2/c22-19-7-3-15(4-8-19)17-10-13(11-20(26)27)9-16(12-17)14-1-5-18(6-2-14)21(23,24)25/h1-10,12H,11H2,(H,26,27). The Morgan fingerprint density at radius 2 is 1.30 bits per heavy atom. The van der Waals surface area contributed by atoms with Crippen molar-refractivity contribution in [1.82, 2.24) is 0 Å². The lowest BCUT2D eigenvalue weighted by atomic mass is 9.94. The van der Waals surface area contributed by atoms with Crippen molar-refractivity contribution in [2.45, 2.75) is 12.6 Å². The van der Waals surface area contributed by atoms with E-state index < -0.39 is 17.7 Å². The van der Waals surface area contributed by atoms with E-state index in [1.54, 1.807) is 36.4 Å². The summed E-state index contributed by atoms with van der Waals surface area (Å²) < 4.78 is 38.3. The zero-order chi connectivity index (χ0) is 19.6. The molecule has 0 aromatic heterocycles. The highest BCUT2D eigenvalue weighted by molar-refractivity contribution is 6.30. The molecule has 0 spiro atoms. The van der Waals surface area contributed by atoms with Gasteiger partial charge in [-0.15, -0.1) is 0 Å². The molecule has 0 atom stereocenters. The maximum atomic E-state index is 12.8. The van der Waals surface area contributed by atoms with Crippen LogP contribution in [0.3, 0.4) is 0 Å². The summed E-state index contributed by atoms with van der Waals surface area (Å²) in [6.45, 7) is 0. The molecule has 0 fully saturated rings. The Balaban J connectivity index is 2.07. The van der Waals surface area contributed by atoms with Gasteiger partial charge in [0.05, 0.1) is 12.0 Å². The van der Waals surface area contributed by atoms with Crippen molar-refractivity contribution in [3.05, 3.63) is 82.9 Å². The van der Waals surface area contributed by atoms with E-state index in [-0.39, 0.29) is 6.42 Å². The number of carbonyl (C=O) groups is 1. The Morgan fingerprint density at radius 3 is 1.74 bits per heavy atom. The number of carboxylic acids is 1. The Labute approximate surface area is 158 Å². The van der Waals surface area contributed by atoms with Crippen LogP contribution in [0.15, 0.2) is 66.7 Å². The number of aliphatic carboxylic acids is 1. The first-order valence-electron chi connectivity index (χ1n) is 8.02. The van der Waals surface area contributed by atoms with E-state index in [4.69, 9.17) is 16.7 Å². The minimum absolute atomic E-state index is 0.185. The van der Waals surface area contributed by atoms with Crippen LogP contribution in [0, 0.1) is 0 Å². The molecule has 27 heavy (non-hydrogen) atoms. The molecule has 0 bridgehead atoms. The van der Waals surface area contributed by atoms with Crippen LogP contribution in [0.1, 0.15) is 11.1 Å². The van der Waals surface area contributed by atoms with Crippen molar-refractivity contribution < 1.29 is 23.1 Å². The van der Waals surface area contributed by atoms with Crippen LogP contribution in [-0.4, -0.2) is 11.1 Å². The van der Waals surface area contributed by atoms with Crippen molar-refractivity contribution in [3.63, 3.8) is 0 Å². The highest BCUT2D eigenvalue weighted by Crippen LogP contribution is 2.33. The van der Waals surface area contributed by atoms with E-state index in [9.17, 15) is 18.0 Å². The molecule has 2 nitrogen and oxygen atoms in total. The molecule has 0 saturated carbocycles. The Kier molecular flexibility index (Phi) is 5.24. The quantitative estimate of drug-likeness (QED) is 0.566. The average Bonchev–Trinajstić information content (AvgIpc) is 2.61. The Hall–Kier alpha value is -2.79. The fourth-order valence-electron chi connectivity index (χ4n) is 2.80. The minimum Gasteiger partial charge on any atom is -0.481 e. The van der Waals surface area contributed by atoms with Crippen molar-refractivity contribution in [1.29, 1.82) is 0 Å². The number of carboxylic acid groups (broad SMARTS) is 1. The highest BCUT2D eigenvalue weighted by atomic mass is 35.5. The van der Waals surface area contributed by atoms with E-state index in [1.807, 2.05) is 6.07 Å². The van der Waals surface area contributed by atoms with Crippen LogP contribution < -0.4 is 0 Å². The van der Waals surface area contributed by atoms with Crippen molar-refractivity contribution in [2.75, 3.05) is 0 Å². The van der Waals surface area contributed by atoms with E-state index in [2.05, 4.69) is 0 Å². The number of hydrogen-bond acceptors (Lipinski definition) is 1. The monoisotopic (exact) mass is 390 g/mol. The van der Waals surface area contributed by atoms with Gasteiger partial charge in [-0.3, -0.25) is 4.79 Å². The van der Waals surface area contributed by atoms with Gasteiger partial charge < -0.3 is 5.11 Å². The predicted molar refractivity (Wildman–Crippen MR) is 98.7 cm³/mol. The second kappa shape index (κ2) is 7.45. The molecule has 6 heteroatoms. The SMILES string of the molecule is O=C(O)Cc1cc(-c2ccc(Cl)cc2)cc(-c2ccc(C(F)(F)F)cc2)c1. The van der Waals surface area contributed by atoms with Crippen LogP contribution in [0.2, 0.25) is 5.02 Å². The molecule has 0 aliphatic heterocycles. The third kappa shape index (κ3) is 4.68. The summed E-state index contributed by atoms with van der Waals surface area (Å²) in [6, 6.07) is 17.1. The molecule has 1 N–H and O–H groups in total. The summed E-state index contributed by atoms with van der Waals surface area (Å²) in [4.78, 5) is 11.1. The van der Waals surface area contributed by atoms with Crippen LogP contribution in [0.4, 0.5) is 13.2 Å². The van der Waals surface area contributed by atoms with Crippen LogP contribution in [-0.2, 0) is 17.4 Å². The second-order valence-corrected chi connectivity index (χ2v) is 6.51. The smallest absolute Gasteiger partial charge is 0.416 e. The Morgan fingerprint density at radius 1 is 0.815 bits per heavy atom. The van der Waals surface area contributed by atoms with Gasteiger partial charge in [-0.05, 0) is 58.1 Å². The summed E-state index contributed by atoms with van der Waals surface area (Å²) in [7, 11) is 0. The van der Waals surface area contributed by atoms with Gasteiger partial charge in [-0.2, -0.15) is 13.2 Å². The largest absolute Gasteiger partial charge is 0.481 e. The first kappa shape index (κ1) is 19.0. The van der Waals surface area contributed by atoms with Gasteiger partial charge in [0.15, 0.2) is 0 Å². The molecule has 0 amide bonds. The lowest BCUT2D eigenvalue weighted by Crippen LogP contribution is -2.04. The molecule has 0 saturated heterocycles. The van der Waals surface area contributed by atoms with Gasteiger partial charge in [0, 0.05) is 5.02 Å². The van der Waals surface area contributed by atoms with Crippen molar-refractivity contribution in [3.8, 4) is 22.3 Å². The lowest BCUT2D eigenvalue weighted by molar-refractivity contribution is -0.138. The predicted octanol–water partition coefficient (Wildman–Crippen LogP) is 6.32. The van der Waals surface area contributed by atoms with E-state index >= 15 is 0 Å². The molecule has 0 heterocycles. The average molecular weight is 391 g/mol. The maximum Gasteiger partial charge on any atom is 0.416 e. The molecule has 3 aromatic carbocycles. The summed E-state index contributed by atoms with van der Waals surface area (Å²) in [5.41, 5.74) is 2.65. The molecule has 138 valence electrons. The van der Waals surface area contributed by atoms with E-state index in [0.29, 0.717) is 21.7 Å². The summed E-state index contributed by atoms with van der Waals surface area (Å²) >= 11 is 5.91. The Bertz CT molecular complexity index is 962. The minimum atomic E-state index is -4.40. The molecular weight excluding hydrogens is 377 g/mol. The molecule has 0 aliphatic carbocycles. The molecule has 0 radical (unpaired) electrons. The summed E-state index contributed by atoms with van der Waals surface area (Å²) in [6.07, 6.45) is -4.59. The van der Waals surface area contributed by atoms with Gasteiger partial charge in [0.1, 0.15) is 0 Å². The zero-order valence-corrected chi connectivity index (χ0v) is 14.7. The summed E-state index contributed by atoms with van der Waals surface area (Å²) in [5, 5.41) is 9.68. The maximum absolute atomic E-state index is 12.8. The summed E-state index contributed by atoms with van der Waals surface area (Å²) in [5.74, 6) is -0.985. The van der Waals surface area contributed by atoms with E-state index in [1.165, 1.54) is 12.1 Å². The van der Waals surface area contributed by atoms with Crippen molar-refractivity contribution in [2.24, 2.45) is 0 Å². The van der Waals surface area contributed by atoms with Crippen LogP contribution in [0.5, 0.6) is 0 Å². The zero-order valence-electron chi connectivity index (χ0n) is 13.9. The van der Waals surface area contributed by atoms with Crippen LogP contribution in [0.25, 0.3) is 22.3 Å². The molecule has 0 aliphatic rings. The topological polar surface area (TPSA) is 37.3 Å². The van der Waals surface area contributed by atoms with Gasteiger partial charge in [-0.1, -0.05) is 48.0 Å². The fourth-order valence-corrected chi connectivity index (χ4v) is 2.92. The van der Waals surface area contributed by atoms with E-state index in [0.717, 1.165) is 23.3 Å². The number of rotatable bonds is 4. The molecular formula is C21H14ClF3O2. The van der Waals surface area contributed by atoms with Gasteiger partial charge in [-0.25, -0.2) is 0 Å². The third-order valence-electron chi connectivity index (χ3n) is 4.07. The number of halogens is 4. The van der Waals surface area contributed by atoms with Crippen LogP contribution >= 0.6 is 11.6 Å². The lowest BCUT2D eigenvalue weighted by Gasteiger charge is -2.11. The van der Waals surface area contributed by atoms with Gasteiger partial charge in [0.25, 0.3) is 0 Å². The first-order chi connectivity index (χ1) is 12.7. The first-order valence-corrected chi connectivity index (χ1v) is 8.39.